The Kier molecular flexibility index (Phi) is 8.46. The quantitative estimate of drug-likeness (QED) is 0.189. The van der Waals surface area contributed by atoms with Crippen molar-refractivity contribution in [1.82, 2.24) is 0 Å². The van der Waals surface area contributed by atoms with E-state index in [0.29, 0.717) is 0 Å². The zero-order valence-electron chi connectivity index (χ0n) is 29.9. The number of hydrogen-bond donors (Lipinski definition) is 1. The molecule has 0 spiro atoms. The van der Waals surface area contributed by atoms with E-state index in [9.17, 15) is 0 Å². The summed E-state index contributed by atoms with van der Waals surface area (Å²) >= 11 is 1.88. The summed E-state index contributed by atoms with van der Waals surface area (Å²) in [5, 5.41) is 6.48. The van der Waals surface area contributed by atoms with Crippen LogP contribution in [0.3, 0.4) is 0 Å². The fourth-order valence-corrected chi connectivity index (χ4v) is 9.11. The van der Waals surface area contributed by atoms with E-state index in [0.717, 1.165) is 11.4 Å². The van der Waals surface area contributed by atoms with Crippen LogP contribution in [-0.2, 0) is 5.41 Å². The molecule has 0 bridgehead atoms. The van der Waals surface area contributed by atoms with Crippen LogP contribution in [0.2, 0.25) is 0 Å². The van der Waals surface area contributed by atoms with Crippen LogP contribution in [0, 0.1) is 0 Å². The van der Waals surface area contributed by atoms with Gasteiger partial charge >= 0.3 is 0 Å². The van der Waals surface area contributed by atoms with Gasteiger partial charge in [-0.3, -0.25) is 0 Å². The highest BCUT2D eigenvalue weighted by Gasteiger charge is 2.35. The van der Waals surface area contributed by atoms with E-state index in [1.54, 1.807) is 0 Å². The third kappa shape index (κ3) is 6.12. The zero-order chi connectivity index (χ0) is 35.8. The Morgan fingerprint density at radius 1 is 0.415 bits per heavy atom. The van der Waals surface area contributed by atoms with Crippen molar-refractivity contribution in [1.29, 1.82) is 0 Å². The van der Waals surface area contributed by atoms with Crippen LogP contribution in [0.5, 0.6) is 0 Å². The van der Waals surface area contributed by atoms with Gasteiger partial charge in [-0.2, -0.15) is 0 Å². The van der Waals surface area contributed by atoms with Crippen molar-refractivity contribution in [3.8, 4) is 44.5 Å². The lowest BCUT2D eigenvalue weighted by atomic mass is 9.82. The fraction of sp³-hybridized carbons (Fsp3) is 0.0588. The highest BCUT2D eigenvalue weighted by Crippen LogP contribution is 2.50. The summed E-state index contributed by atoms with van der Waals surface area (Å²) < 4.78 is 2.64. The molecule has 53 heavy (non-hydrogen) atoms. The van der Waals surface area contributed by atoms with Crippen LogP contribution < -0.4 is 5.32 Å². The van der Waals surface area contributed by atoms with Crippen LogP contribution in [0.15, 0.2) is 194 Å². The van der Waals surface area contributed by atoms with Gasteiger partial charge in [-0.15, -0.1) is 11.3 Å². The molecule has 0 fully saturated rings. The molecule has 0 unspecified atom stereocenters. The number of rotatable bonds is 5. The van der Waals surface area contributed by atoms with Crippen molar-refractivity contribution in [3.05, 3.63) is 205 Å². The van der Waals surface area contributed by atoms with Crippen LogP contribution in [0.4, 0.5) is 11.4 Å². The molecule has 0 aliphatic heterocycles. The Balaban J connectivity index is 0.000000263. The lowest BCUT2D eigenvalue weighted by molar-refractivity contribution is 0.660. The van der Waals surface area contributed by atoms with Crippen LogP contribution >= 0.6 is 11.3 Å². The van der Waals surface area contributed by atoms with Gasteiger partial charge in [0, 0.05) is 42.5 Å². The molecule has 1 aliphatic carbocycles. The lowest BCUT2D eigenvalue weighted by Gasteiger charge is -2.22. The Morgan fingerprint density at radius 3 is 1.60 bits per heavy atom. The molecule has 1 heterocycles. The number of anilines is 2. The third-order valence-electron chi connectivity index (χ3n) is 10.6. The first-order chi connectivity index (χ1) is 26.0. The Morgan fingerprint density at radius 2 is 0.943 bits per heavy atom. The first-order valence-corrected chi connectivity index (χ1v) is 19.1. The van der Waals surface area contributed by atoms with Gasteiger partial charge in [-0.25, -0.2) is 0 Å². The van der Waals surface area contributed by atoms with Crippen molar-refractivity contribution in [3.63, 3.8) is 0 Å². The first kappa shape index (κ1) is 32.7. The fourth-order valence-electron chi connectivity index (χ4n) is 7.84. The van der Waals surface area contributed by atoms with Gasteiger partial charge in [0.05, 0.1) is 0 Å². The molecule has 9 aromatic rings. The molecule has 0 amide bonds. The molecule has 254 valence electrons. The second-order valence-corrected chi connectivity index (χ2v) is 15.2. The molecule has 2 heteroatoms. The van der Waals surface area contributed by atoms with Crippen molar-refractivity contribution in [2.45, 2.75) is 19.3 Å². The SMILES string of the molecule is CC1(C)c2ccccc2-c2ccc(Nc3ccc4c(sc5ccccc54)c3-c3ccc(-c4ccccc4)cc3)cc21.c1ccc(-c2ccccc2)cc1. The zero-order valence-corrected chi connectivity index (χ0v) is 30.7. The smallest absolute Gasteiger partial charge is 0.0478 e. The molecule has 1 nitrogen and oxygen atoms in total. The number of hydrogen-bond acceptors (Lipinski definition) is 2. The van der Waals surface area contributed by atoms with Gasteiger partial charge in [-0.1, -0.05) is 184 Å². The van der Waals surface area contributed by atoms with Gasteiger partial charge in [0.25, 0.3) is 0 Å². The molecule has 8 aromatic carbocycles. The van der Waals surface area contributed by atoms with E-state index in [1.165, 1.54) is 75.8 Å². The summed E-state index contributed by atoms with van der Waals surface area (Å²) in [7, 11) is 0. The van der Waals surface area contributed by atoms with Gasteiger partial charge in [0.1, 0.15) is 0 Å². The van der Waals surface area contributed by atoms with Gasteiger partial charge in [0.15, 0.2) is 0 Å². The molecule has 1 aromatic heterocycles. The topological polar surface area (TPSA) is 12.0 Å². The van der Waals surface area contributed by atoms with Gasteiger partial charge < -0.3 is 5.32 Å². The Labute approximate surface area is 315 Å². The molecule has 0 saturated carbocycles. The number of benzene rings is 8. The summed E-state index contributed by atoms with van der Waals surface area (Å²) in [6.45, 7) is 4.68. The highest BCUT2D eigenvalue weighted by atomic mass is 32.1. The Bertz CT molecular complexity index is 2650. The highest BCUT2D eigenvalue weighted by molar-refractivity contribution is 7.26. The summed E-state index contributed by atoms with van der Waals surface area (Å²) in [6, 6.07) is 69.4. The first-order valence-electron chi connectivity index (χ1n) is 18.3. The minimum Gasteiger partial charge on any atom is -0.355 e. The molecule has 0 atom stereocenters. The largest absolute Gasteiger partial charge is 0.355 e. The number of nitrogens with one attached hydrogen (secondary N) is 1. The minimum absolute atomic E-state index is 0.0326. The lowest BCUT2D eigenvalue weighted by Crippen LogP contribution is -2.15. The van der Waals surface area contributed by atoms with E-state index in [-0.39, 0.29) is 5.41 Å². The van der Waals surface area contributed by atoms with Crippen molar-refractivity contribution >= 4 is 42.9 Å². The van der Waals surface area contributed by atoms with E-state index < -0.39 is 0 Å². The van der Waals surface area contributed by atoms with Crippen LogP contribution in [0.1, 0.15) is 25.0 Å². The molecule has 1 N–H and O–H groups in total. The molecular weight excluding hydrogens is 659 g/mol. The van der Waals surface area contributed by atoms with Crippen molar-refractivity contribution in [2.75, 3.05) is 5.32 Å². The maximum Gasteiger partial charge on any atom is 0.0478 e. The third-order valence-corrected chi connectivity index (χ3v) is 11.8. The van der Waals surface area contributed by atoms with Crippen LogP contribution in [0.25, 0.3) is 64.7 Å². The molecule has 10 rings (SSSR count). The van der Waals surface area contributed by atoms with E-state index >= 15 is 0 Å². The molecule has 1 aliphatic rings. The molecule has 0 radical (unpaired) electrons. The molecule has 0 saturated heterocycles. The average Bonchev–Trinajstić information content (AvgIpc) is 3.71. The van der Waals surface area contributed by atoms with E-state index in [1.807, 2.05) is 23.5 Å². The predicted octanol–water partition coefficient (Wildman–Crippen LogP) is 14.8. The standard InChI is InChI=1S/C39H29NS.C12H10/c1-39(2)33-14-8-6-12-29(33)30-21-20-28(24-34(30)39)40-35-23-22-32-31-13-7-9-15-36(31)41-38(32)37(35)27-18-16-26(17-19-27)25-10-4-3-5-11-25;1-3-7-11(8-4-1)12-9-5-2-6-10-12/h3-24,40H,1-2H3;1-10H. The maximum atomic E-state index is 3.85. The van der Waals surface area contributed by atoms with E-state index in [4.69, 9.17) is 0 Å². The van der Waals surface area contributed by atoms with Gasteiger partial charge in [0.2, 0.25) is 0 Å². The average molecular weight is 698 g/mol. The van der Waals surface area contributed by atoms with Crippen molar-refractivity contribution in [2.24, 2.45) is 0 Å². The summed E-state index contributed by atoms with van der Waals surface area (Å²) in [6.07, 6.45) is 0. The second kappa shape index (κ2) is 13.7. The maximum absolute atomic E-state index is 3.85. The Hall–Kier alpha value is -6.22. The molecular formula is C51H39NS. The predicted molar refractivity (Wildman–Crippen MR) is 229 cm³/mol. The van der Waals surface area contributed by atoms with Crippen LogP contribution in [-0.4, -0.2) is 0 Å². The number of thiophene rings is 1. The van der Waals surface area contributed by atoms with Gasteiger partial charge in [-0.05, 0) is 74.3 Å². The normalized spacial score (nSPS) is 12.5. The van der Waals surface area contributed by atoms with E-state index in [2.05, 4.69) is 201 Å². The number of fused-ring (bicyclic) bond motifs is 6. The summed E-state index contributed by atoms with van der Waals surface area (Å²) in [4.78, 5) is 0. The minimum atomic E-state index is -0.0326. The summed E-state index contributed by atoms with van der Waals surface area (Å²) in [5.41, 5.74) is 15.2. The second-order valence-electron chi connectivity index (χ2n) is 14.2. The monoisotopic (exact) mass is 697 g/mol. The summed E-state index contributed by atoms with van der Waals surface area (Å²) in [5.74, 6) is 0. The van der Waals surface area contributed by atoms with Crippen molar-refractivity contribution < 1.29 is 0 Å².